The van der Waals surface area contributed by atoms with Crippen LogP contribution >= 0.6 is 0 Å². The normalized spacial score (nSPS) is 11.2. The van der Waals surface area contributed by atoms with Gasteiger partial charge in [0.05, 0.1) is 11.6 Å². The Balaban J connectivity index is 2.81. The molecule has 0 saturated carbocycles. The molecule has 4 N–H and O–H groups in total. The van der Waals surface area contributed by atoms with Crippen LogP contribution in [0.15, 0.2) is 18.2 Å². The first-order chi connectivity index (χ1) is 8.43. The third-order valence-corrected chi connectivity index (χ3v) is 2.38. The fraction of sp³-hybridized carbons (Fsp3) is 0.250. The molecule has 0 bridgehead atoms. The molecule has 0 aliphatic heterocycles. The zero-order valence-corrected chi connectivity index (χ0v) is 10.2. The first kappa shape index (κ1) is 13.5. The van der Waals surface area contributed by atoms with Crippen molar-refractivity contribution in [3.8, 4) is 6.07 Å². The molecule has 1 rings (SSSR count). The summed E-state index contributed by atoms with van der Waals surface area (Å²) in [6.07, 6.45) is 0. The molecule has 3 amide bonds. The van der Waals surface area contributed by atoms with Crippen LogP contribution in [0, 0.1) is 18.3 Å². The molecular formula is C12H14N4O2. The summed E-state index contributed by atoms with van der Waals surface area (Å²) in [6, 6.07) is 5.60. The number of carbonyl (C=O) groups excluding carboxylic acids is 2. The summed E-state index contributed by atoms with van der Waals surface area (Å²) in [7, 11) is 0. The van der Waals surface area contributed by atoms with Crippen molar-refractivity contribution in [2.75, 3.05) is 5.32 Å². The number of aryl methyl sites for hydroxylation is 1. The molecule has 0 spiro atoms. The van der Waals surface area contributed by atoms with Crippen molar-refractivity contribution in [1.29, 1.82) is 5.26 Å². The Bertz CT molecular complexity index is 519. The van der Waals surface area contributed by atoms with Gasteiger partial charge >= 0.3 is 6.03 Å². The second-order valence-electron chi connectivity index (χ2n) is 3.86. The summed E-state index contributed by atoms with van der Waals surface area (Å²) in [5, 5.41) is 13.7. The Hall–Kier alpha value is -2.55. The highest BCUT2D eigenvalue weighted by atomic mass is 16.2. The molecule has 0 heterocycles. The highest BCUT2D eigenvalue weighted by Crippen LogP contribution is 2.17. The molecule has 1 aromatic rings. The highest BCUT2D eigenvalue weighted by Gasteiger charge is 2.15. The summed E-state index contributed by atoms with van der Waals surface area (Å²) < 4.78 is 0. The largest absolute Gasteiger partial charge is 0.374 e. The summed E-state index contributed by atoms with van der Waals surface area (Å²) in [6.45, 7) is 3.44. The Kier molecular flexibility index (Phi) is 4.27. The SMILES string of the molecule is Cc1ccc(C#N)cc1NC(C)C(=O)NC(N)=O. The Morgan fingerprint density at radius 1 is 1.44 bits per heavy atom. The summed E-state index contributed by atoms with van der Waals surface area (Å²) in [5.74, 6) is -0.524. The van der Waals surface area contributed by atoms with E-state index < -0.39 is 18.0 Å². The Morgan fingerprint density at radius 3 is 2.67 bits per heavy atom. The number of primary amides is 1. The number of amides is 3. The minimum Gasteiger partial charge on any atom is -0.374 e. The molecule has 0 aliphatic rings. The van der Waals surface area contributed by atoms with E-state index in [2.05, 4.69) is 5.32 Å². The van der Waals surface area contributed by atoms with Gasteiger partial charge in [-0.15, -0.1) is 0 Å². The van der Waals surface area contributed by atoms with Gasteiger partial charge in [0.2, 0.25) is 5.91 Å². The minimum atomic E-state index is -0.892. The van der Waals surface area contributed by atoms with Crippen molar-refractivity contribution in [2.24, 2.45) is 5.73 Å². The number of anilines is 1. The van der Waals surface area contributed by atoms with Crippen LogP contribution in [0.3, 0.4) is 0 Å². The molecule has 1 atom stereocenters. The molecule has 0 radical (unpaired) electrons. The van der Waals surface area contributed by atoms with E-state index in [1.165, 1.54) is 0 Å². The third kappa shape index (κ3) is 3.49. The van der Waals surface area contributed by atoms with Crippen molar-refractivity contribution < 1.29 is 9.59 Å². The van der Waals surface area contributed by atoms with Crippen molar-refractivity contribution >= 4 is 17.6 Å². The molecular weight excluding hydrogens is 232 g/mol. The molecule has 6 heteroatoms. The van der Waals surface area contributed by atoms with E-state index in [1.807, 2.05) is 18.3 Å². The number of hydrogen-bond donors (Lipinski definition) is 3. The van der Waals surface area contributed by atoms with E-state index >= 15 is 0 Å². The van der Waals surface area contributed by atoms with Gasteiger partial charge in [-0.2, -0.15) is 5.26 Å². The molecule has 0 aliphatic carbocycles. The maximum Gasteiger partial charge on any atom is 0.318 e. The standard InChI is InChI=1S/C12H14N4O2/c1-7-3-4-9(6-13)5-10(7)15-8(2)11(17)16-12(14)18/h3-5,8,15H,1-2H3,(H3,14,16,17,18). The third-order valence-electron chi connectivity index (χ3n) is 2.38. The predicted octanol–water partition coefficient (Wildman–Crippen LogP) is 0.862. The number of nitriles is 1. The Morgan fingerprint density at radius 2 is 2.11 bits per heavy atom. The maximum atomic E-state index is 11.5. The summed E-state index contributed by atoms with van der Waals surface area (Å²) in [4.78, 5) is 22.0. The van der Waals surface area contributed by atoms with E-state index in [9.17, 15) is 9.59 Å². The van der Waals surface area contributed by atoms with Gasteiger partial charge in [-0.1, -0.05) is 6.07 Å². The quantitative estimate of drug-likeness (QED) is 0.735. The number of carbonyl (C=O) groups is 2. The van der Waals surface area contributed by atoms with Crippen molar-refractivity contribution in [1.82, 2.24) is 5.32 Å². The van der Waals surface area contributed by atoms with Gasteiger partial charge in [-0.25, -0.2) is 4.79 Å². The monoisotopic (exact) mass is 246 g/mol. The lowest BCUT2D eigenvalue weighted by atomic mass is 10.1. The average Bonchev–Trinajstić information content (AvgIpc) is 2.31. The van der Waals surface area contributed by atoms with E-state index in [0.29, 0.717) is 11.3 Å². The number of nitrogens with two attached hydrogens (primary N) is 1. The van der Waals surface area contributed by atoms with Gasteiger partial charge in [0, 0.05) is 5.69 Å². The van der Waals surface area contributed by atoms with Crippen LogP contribution in [-0.2, 0) is 4.79 Å². The van der Waals surface area contributed by atoms with Gasteiger partial charge in [0.25, 0.3) is 0 Å². The average molecular weight is 246 g/mol. The van der Waals surface area contributed by atoms with E-state index in [-0.39, 0.29) is 0 Å². The zero-order valence-electron chi connectivity index (χ0n) is 10.2. The number of urea groups is 1. The minimum absolute atomic E-state index is 0.491. The smallest absolute Gasteiger partial charge is 0.318 e. The molecule has 6 nitrogen and oxygen atoms in total. The number of hydrogen-bond acceptors (Lipinski definition) is 4. The van der Waals surface area contributed by atoms with Crippen molar-refractivity contribution in [3.05, 3.63) is 29.3 Å². The summed E-state index contributed by atoms with van der Waals surface area (Å²) >= 11 is 0. The lowest BCUT2D eigenvalue weighted by molar-refractivity contribution is -0.120. The van der Waals surface area contributed by atoms with Crippen LogP contribution in [0.25, 0.3) is 0 Å². The molecule has 0 fully saturated rings. The fourth-order valence-electron chi connectivity index (χ4n) is 1.38. The molecule has 1 unspecified atom stereocenters. The van der Waals surface area contributed by atoms with Crippen LogP contribution in [0.4, 0.5) is 10.5 Å². The molecule has 0 aromatic heterocycles. The zero-order chi connectivity index (χ0) is 13.7. The van der Waals surface area contributed by atoms with Crippen LogP contribution in [-0.4, -0.2) is 18.0 Å². The lowest BCUT2D eigenvalue weighted by Gasteiger charge is -2.15. The molecule has 0 saturated heterocycles. The topological polar surface area (TPSA) is 108 Å². The maximum absolute atomic E-state index is 11.5. The summed E-state index contributed by atoms with van der Waals surface area (Å²) in [5.41, 5.74) is 6.91. The van der Waals surface area contributed by atoms with Crippen molar-refractivity contribution in [3.63, 3.8) is 0 Å². The highest BCUT2D eigenvalue weighted by molar-refractivity contribution is 5.97. The second kappa shape index (κ2) is 5.68. The van der Waals surface area contributed by atoms with E-state index in [0.717, 1.165) is 5.56 Å². The van der Waals surface area contributed by atoms with Crippen LogP contribution in [0.5, 0.6) is 0 Å². The molecule has 1 aromatic carbocycles. The van der Waals surface area contributed by atoms with E-state index in [1.54, 1.807) is 25.1 Å². The number of imide groups is 1. The van der Waals surface area contributed by atoms with Gasteiger partial charge < -0.3 is 11.1 Å². The van der Waals surface area contributed by atoms with Crippen LogP contribution in [0.2, 0.25) is 0 Å². The molecule has 18 heavy (non-hydrogen) atoms. The number of nitrogens with one attached hydrogen (secondary N) is 2. The van der Waals surface area contributed by atoms with Crippen molar-refractivity contribution in [2.45, 2.75) is 19.9 Å². The Labute approximate surface area is 105 Å². The van der Waals surface area contributed by atoms with E-state index in [4.69, 9.17) is 11.0 Å². The predicted molar refractivity (Wildman–Crippen MR) is 66.7 cm³/mol. The van der Waals surface area contributed by atoms with Crippen LogP contribution in [0.1, 0.15) is 18.1 Å². The number of rotatable bonds is 3. The van der Waals surface area contributed by atoms with Gasteiger partial charge in [0.1, 0.15) is 6.04 Å². The first-order valence-corrected chi connectivity index (χ1v) is 5.31. The number of benzene rings is 1. The van der Waals surface area contributed by atoms with Gasteiger partial charge in [-0.05, 0) is 31.5 Å². The van der Waals surface area contributed by atoms with Gasteiger partial charge in [0.15, 0.2) is 0 Å². The van der Waals surface area contributed by atoms with Crippen LogP contribution < -0.4 is 16.4 Å². The first-order valence-electron chi connectivity index (χ1n) is 5.31. The fourth-order valence-corrected chi connectivity index (χ4v) is 1.38. The number of nitrogens with zero attached hydrogens (tertiary/aromatic N) is 1. The molecule has 94 valence electrons. The van der Waals surface area contributed by atoms with Gasteiger partial charge in [-0.3, -0.25) is 10.1 Å². The lowest BCUT2D eigenvalue weighted by Crippen LogP contribution is -2.43. The second-order valence-corrected chi connectivity index (χ2v) is 3.86.